The van der Waals surface area contributed by atoms with Gasteiger partial charge in [0.1, 0.15) is 0 Å². The Bertz CT molecular complexity index is 1110. The third kappa shape index (κ3) is 3.47. The molecule has 3 heterocycles. The highest BCUT2D eigenvalue weighted by Crippen LogP contribution is 2.37. The highest BCUT2D eigenvalue weighted by Gasteiger charge is 2.26. The van der Waals surface area contributed by atoms with Gasteiger partial charge in [-0.25, -0.2) is 9.37 Å². The van der Waals surface area contributed by atoms with Gasteiger partial charge in [0.25, 0.3) is 5.91 Å². The Balaban J connectivity index is 1.78. The number of ether oxygens (including phenoxy) is 1. The van der Waals surface area contributed by atoms with Gasteiger partial charge in [-0.05, 0) is 26.0 Å². The Morgan fingerprint density at radius 1 is 1.43 bits per heavy atom. The standard InChI is InChI=1S/C22H25FN4O3/c1-13-14(2)27-12-15(22(29)26(3)8-9-28)11-19(21(27)24-13)25-18-7-10-30-20-16(18)5-4-6-17(20)23/h4-6,11-12,18,25,28H,7-10H2,1-3H3. The molecule has 1 atom stereocenters. The maximum absolute atomic E-state index is 14.2. The number of imidazole rings is 1. The van der Waals surface area contributed by atoms with Gasteiger partial charge >= 0.3 is 0 Å². The molecule has 1 aromatic carbocycles. The molecular formula is C22H25FN4O3. The summed E-state index contributed by atoms with van der Waals surface area (Å²) < 4.78 is 21.6. The molecule has 1 aliphatic heterocycles. The first-order valence-corrected chi connectivity index (χ1v) is 9.94. The van der Waals surface area contributed by atoms with E-state index in [1.54, 1.807) is 25.4 Å². The van der Waals surface area contributed by atoms with Crippen LogP contribution in [0.1, 0.15) is 39.8 Å². The summed E-state index contributed by atoms with van der Waals surface area (Å²) in [6.45, 7) is 4.40. The number of amides is 1. The molecule has 0 saturated heterocycles. The summed E-state index contributed by atoms with van der Waals surface area (Å²) in [7, 11) is 1.65. The van der Waals surface area contributed by atoms with Crippen LogP contribution >= 0.6 is 0 Å². The molecular weight excluding hydrogens is 387 g/mol. The van der Waals surface area contributed by atoms with Gasteiger partial charge in [0.15, 0.2) is 17.2 Å². The van der Waals surface area contributed by atoms with Gasteiger partial charge in [-0.3, -0.25) is 4.79 Å². The van der Waals surface area contributed by atoms with E-state index in [9.17, 15) is 14.3 Å². The molecule has 0 aliphatic carbocycles. The highest BCUT2D eigenvalue weighted by molar-refractivity contribution is 5.96. The second-order valence-electron chi connectivity index (χ2n) is 7.56. The quantitative estimate of drug-likeness (QED) is 0.673. The third-order valence-corrected chi connectivity index (χ3v) is 5.58. The van der Waals surface area contributed by atoms with Crippen LogP contribution in [0, 0.1) is 19.7 Å². The summed E-state index contributed by atoms with van der Waals surface area (Å²) in [6, 6.07) is 6.49. The molecule has 2 aromatic heterocycles. The molecule has 0 fully saturated rings. The molecule has 30 heavy (non-hydrogen) atoms. The molecule has 0 saturated carbocycles. The minimum Gasteiger partial charge on any atom is -0.490 e. The number of likely N-dealkylation sites (N-methyl/N-ethyl adjacent to an activating group) is 1. The van der Waals surface area contributed by atoms with Crippen molar-refractivity contribution in [3.05, 3.63) is 58.8 Å². The SMILES string of the molecule is Cc1nc2c(NC3CCOc4c(F)cccc43)cc(C(=O)N(C)CCO)cn2c1C. The Hall–Kier alpha value is -3.13. The van der Waals surface area contributed by atoms with Crippen molar-refractivity contribution < 1.29 is 19.0 Å². The number of hydrogen-bond acceptors (Lipinski definition) is 5. The summed E-state index contributed by atoms with van der Waals surface area (Å²) in [5.74, 6) is -0.313. The second-order valence-corrected chi connectivity index (χ2v) is 7.56. The molecule has 7 nitrogen and oxygen atoms in total. The van der Waals surface area contributed by atoms with E-state index in [4.69, 9.17) is 4.74 Å². The summed E-state index contributed by atoms with van der Waals surface area (Å²) in [5.41, 5.74) is 4.42. The molecule has 1 unspecified atom stereocenters. The fraction of sp³-hybridized carbons (Fsp3) is 0.364. The highest BCUT2D eigenvalue weighted by atomic mass is 19.1. The number of carbonyl (C=O) groups is 1. The van der Waals surface area contributed by atoms with Gasteiger partial charge in [-0.15, -0.1) is 0 Å². The predicted molar refractivity (Wildman–Crippen MR) is 112 cm³/mol. The normalized spacial score (nSPS) is 15.6. The molecule has 3 aromatic rings. The van der Waals surface area contributed by atoms with Crippen LogP contribution in [-0.4, -0.2) is 52.1 Å². The number of aryl methyl sites for hydroxylation is 2. The smallest absolute Gasteiger partial charge is 0.255 e. The summed E-state index contributed by atoms with van der Waals surface area (Å²) in [6.07, 6.45) is 2.42. The first-order chi connectivity index (χ1) is 14.4. The van der Waals surface area contributed by atoms with Crippen molar-refractivity contribution in [3.8, 4) is 5.75 Å². The zero-order chi connectivity index (χ0) is 21.4. The van der Waals surface area contributed by atoms with E-state index in [1.165, 1.54) is 11.0 Å². The van der Waals surface area contributed by atoms with Crippen molar-refractivity contribution in [3.63, 3.8) is 0 Å². The number of halogens is 1. The van der Waals surface area contributed by atoms with E-state index in [0.29, 0.717) is 29.9 Å². The third-order valence-electron chi connectivity index (χ3n) is 5.58. The molecule has 8 heteroatoms. The van der Waals surface area contributed by atoms with Crippen LogP contribution in [-0.2, 0) is 0 Å². The van der Waals surface area contributed by atoms with E-state index in [1.807, 2.05) is 24.3 Å². The molecule has 0 spiro atoms. The second kappa shape index (κ2) is 7.95. The summed E-state index contributed by atoms with van der Waals surface area (Å²) in [5, 5.41) is 12.6. The number of aliphatic hydroxyl groups is 1. The number of nitrogens with one attached hydrogen (secondary N) is 1. The van der Waals surface area contributed by atoms with Crippen molar-refractivity contribution in [1.82, 2.24) is 14.3 Å². The maximum Gasteiger partial charge on any atom is 0.255 e. The maximum atomic E-state index is 14.2. The first-order valence-electron chi connectivity index (χ1n) is 9.94. The molecule has 2 N–H and O–H groups in total. The summed E-state index contributed by atoms with van der Waals surface area (Å²) in [4.78, 5) is 19.0. The monoisotopic (exact) mass is 412 g/mol. The van der Waals surface area contributed by atoms with E-state index < -0.39 is 0 Å². The van der Waals surface area contributed by atoms with E-state index in [2.05, 4.69) is 10.3 Å². The lowest BCUT2D eigenvalue weighted by molar-refractivity contribution is 0.0766. The zero-order valence-corrected chi connectivity index (χ0v) is 17.3. The predicted octanol–water partition coefficient (Wildman–Crippen LogP) is 3.09. The summed E-state index contributed by atoms with van der Waals surface area (Å²) >= 11 is 0. The molecule has 158 valence electrons. The number of rotatable bonds is 5. The number of aliphatic hydroxyl groups excluding tert-OH is 1. The topological polar surface area (TPSA) is 79.1 Å². The Morgan fingerprint density at radius 3 is 3.00 bits per heavy atom. The van der Waals surface area contributed by atoms with Crippen molar-refractivity contribution >= 4 is 17.2 Å². The van der Waals surface area contributed by atoms with Crippen molar-refractivity contribution in [1.29, 1.82) is 0 Å². The fourth-order valence-electron chi connectivity index (χ4n) is 3.79. The number of nitrogens with zero attached hydrogens (tertiary/aromatic N) is 3. The largest absolute Gasteiger partial charge is 0.490 e. The van der Waals surface area contributed by atoms with E-state index in [0.717, 1.165) is 17.0 Å². The van der Waals surface area contributed by atoms with E-state index in [-0.39, 0.29) is 36.7 Å². The lowest BCUT2D eigenvalue weighted by Gasteiger charge is -2.28. The number of para-hydroxylation sites is 1. The van der Waals surface area contributed by atoms with Crippen LogP contribution in [0.25, 0.3) is 5.65 Å². The minimum absolute atomic E-state index is 0.108. The number of anilines is 1. The number of carbonyl (C=O) groups excluding carboxylic acids is 1. The van der Waals surface area contributed by atoms with Crippen LogP contribution in [0.3, 0.4) is 0 Å². The van der Waals surface area contributed by atoms with Crippen LogP contribution < -0.4 is 10.1 Å². The van der Waals surface area contributed by atoms with Crippen LogP contribution in [0.5, 0.6) is 5.75 Å². The average molecular weight is 412 g/mol. The number of pyridine rings is 1. The van der Waals surface area contributed by atoms with Gasteiger partial charge in [0.05, 0.1) is 36.2 Å². The number of aromatic nitrogens is 2. The first kappa shape index (κ1) is 20.2. The molecule has 1 amide bonds. The fourth-order valence-corrected chi connectivity index (χ4v) is 3.79. The van der Waals surface area contributed by atoms with Gasteiger partial charge in [-0.1, -0.05) is 12.1 Å². The lowest BCUT2D eigenvalue weighted by atomic mass is 10.00. The average Bonchev–Trinajstić information content (AvgIpc) is 3.03. The Labute approximate surface area is 174 Å². The Kier molecular flexibility index (Phi) is 5.34. The van der Waals surface area contributed by atoms with Crippen molar-refractivity contribution in [2.75, 3.05) is 32.1 Å². The van der Waals surface area contributed by atoms with Crippen LogP contribution in [0.15, 0.2) is 30.5 Å². The molecule has 4 rings (SSSR count). The molecule has 1 aliphatic rings. The lowest BCUT2D eigenvalue weighted by Crippen LogP contribution is -2.30. The number of hydrogen-bond donors (Lipinski definition) is 2. The molecule has 0 radical (unpaired) electrons. The minimum atomic E-state index is -0.383. The van der Waals surface area contributed by atoms with Gasteiger partial charge in [0.2, 0.25) is 0 Å². The zero-order valence-electron chi connectivity index (χ0n) is 17.3. The van der Waals surface area contributed by atoms with Crippen LogP contribution in [0.4, 0.5) is 10.1 Å². The van der Waals surface area contributed by atoms with E-state index >= 15 is 0 Å². The Morgan fingerprint density at radius 2 is 2.23 bits per heavy atom. The van der Waals surface area contributed by atoms with Crippen molar-refractivity contribution in [2.45, 2.75) is 26.3 Å². The molecule has 0 bridgehead atoms. The van der Waals surface area contributed by atoms with Gasteiger partial charge < -0.3 is 24.5 Å². The van der Waals surface area contributed by atoms with Crippen molar-refractivity contribution in [2.24, 2.45) is 0 Å². The number of fused-ring (bicyclic) bond motifs is 2. The van der Waals surface area contributed by atoms with Crippen LogP contribution in [0.2, 0.25) is 0 Å². The van der Waals surface area contributed by atoms with Gasteiger partial charge in [-0.2, -0.15) is 0 Å². The number of benzene rings is 1. The van der Waals surface area contributed by atoms with Gasteiger partial charge in [0, 0.05) is 37.5 Å².